The van der Waals surface area contributed by atoms with Gasteiger partial charge in [0.2, 0.25) is 10.0 Å². The fourth-order valence-corrected chi connectivity index (χ4v) is 3.56. The van der Waals surface area contributed by atoms with Gasteiger partial charge in [-0.3, -0.25) is 4.39 Å². The summed E-state index contributed by atoms with van der Waals surface area (Å²) < 4.78 is 37.8. The highest BCUT2D eigenvalue weighted by Crippen LogP contribution is 2.24. The van der Waals surface area contributed by atoms with Crippen LogP contribution >= 0.6 is 12.4 Å². The second kappa shape index (κ2) is 8.24. The zero-order valence-corrected chi connectivity index (χ0v) is 11.5. The molecule has 4 nitrogen and oxygen atoms in total. The fraction of sp³-hybridized carbons (Fsp3) is 1.00. The van der Waals surface area contributed by atoms with E-state index >= 15 is 0 Å². The summed E-state index contributed by atoms with van der Waals surface area (Å²) in [5.41, 5.74) is 5.62. The van der Waals surface area contributed by atoms with E-state index in [0.29, 0.717) is 6.54 Å². The van der Waals surface area contributed by atoms with E-state index in [1.165, 1.54) is 0 Å². The average molecular weight is 289 g/mol. The highest BCUT2D eigenvalue weighted by molar-refractivity contribution is 7.89. The number of halogens is 2. The van der Waals surface area contributed by atoms with Crippen LogP contribution in [0, 0.1) is 5.92 Å². The third-order valence-electron chi connectivity index (χ3n) is 3.09. The summed E-state index contributed by atoms with van der Waals surface area (Å²) in [4.78, 5) is 0. The molecule has 2 unspecified atom stereocenters. The molecule has 3 N–H and O–H groups in total. The zero-order chi connectivity index (χ0) is 12.0. The lowest BCUT2D eigenvalue weighted by atomic mass is 9.85. The van der Waals surface area contributed by atoms with E-state index in [0.717, 1.165) is 25.7 Å². The van der Waals surface area contributed by atoms with Crippen LogP contribution in [-0.2, 0) is 10.0 Å². The van der Waals surface area contributed by atoms with Gasteiger partial charge in [-0.15, -0.1) is 12.4 Å². The van der Waals surface area contributed by atoms with Crippen molar-refractivity contribution < 1.29 is 12.8 Å². The largest absolute Gasteiger partial charge is 0.330 e. The predicted octanol–water partition coefficient (Wildman–Crippen LogP) is 1.20. The van der Waals surface area contributed by atoms with Gasteiger partial charge in [-0.05, 0) is 31.7 Å². The fourth-order valence-electron chi connectivity index (χ4n) is 2.18. The van der Waals surface area contributed by atoms with Gasteiger partial charge < -0.3 is 5.73 Å². The lowest BCUT2D eigenvalue weighted by Gasteiger charge is -2.30. The first-order valence-corrected chi connectivity index (χ1v) is 7.50. The first-order chi connectivity index (χ1) is 7.59. The number of alkyl halides is 1. The Morgan fingerprint density at radius 1 is 1.29 bits per heavy atom. The van der Waals surface area contributed by atoms with Crippen molar-refractivity contribution in [1.82, 2.24) is 4.72 Å². The van der Waals surface area contributed by atoms with Crippen molar-refractivity contribution in [2.75, 3.05) is 19.0 Å². The molecular formula is C10H22ClFN2O2S. The van der Waals surface area contributed by atoms with Gasteiger partial charge in [-0.25, -0.2) is 13.1 Å². The smallest absolute Gasteiger partial charge is 0.211 e. The normalized spacial score (nSPS) is 25.3. The SMILES string of the molecule is Cl.NCC1CCCCC1NS(=O)(=O)CCCF. The second-order valence-electron chi connectivity index (χ2n) is 4.37. The Morgan fingerprint density at radius 3 is 2.53 bits per heavy atom. The van der Waals surface area contributed by atoms with Crippen molar-refractivity contribution in [3.8, 4) is 0 Å². The minimum absolute atomic E-state index is 0. The Morgan fingerprint density at radius 2 is 1.94 bits per heavy atom. The number of rotatable bonds is 6. The maximum Gasteiger partial charge on any atom is 0.211 e. The van der Waals surface area contributed by atoms with Crippen molar-refractivity contribution in [1.29, 1.82) is 0 Å². The van der Waals surface area contributed by atoms with Crippen LogP contribution in [-0.4, -0.2) is 33.4 Å². The number of hydrogen-bond donors (Lipinski definition) is 2. The van der Waals surface area contributed by atoms with Crippen molar-refractivity contribution in [3.63, 3.8) is 0 Å². The van der Waals surface area contributed by atoms with Gasteiger partial charge in [0.1, 0.15) is 0 Å². The van der Waals surface area contributed by atoms with Gasteiger partial charge in [-0.1, -0.05) is 12.8 Å². The van der Waals surface area contributed by atoms with E-state index in [4.69, 9.17) is 5.73 Å². The van der Waals surface area contributed by atoms with Gasteiger partial charge in [0.25, 0.3) is 0 Å². The molecule has 0 radical (unpaired) electrons. The Kier molecular flexibility index (Phi) is 8.28. The first-order valence-electron chi connectivity index (χ1n) is 5.85. The molecule has 0 spiro atoms. The van der Waals surface area contributed by atoms with Gasteiger partial charge >= 0.3 is 0 Å². The molecule has 104 valence electrons. The van der Waals surface area contributed by atoms with Crippen molar-refractivity contribution in [2.45, 2.75) is 38.1 Å². The van der Waals surface area contributed by atoms with Crippen molar-refractivity contribution >= 4 is 22.4 Å². The third kappa shape index (κ3) is 5.99. The van der Waals surface area contributed by atoms with E-state index in [1.54, 1.807) is 0 Å². The topological polar surface area (TPSA) is 72.2 Å². The van der Waals surface area contributed by atoms with Gasteiger partial charge in [0.15, 0.2) is 0 Å². The van der Waals surface area contributed by atoms with Gasteiger partial charge in [0, 0.05) is 6.04 Å². The molecule has 0 aromatic rings. The summed E-state index contributed by atoms with van der Waals surface area (Å²) in [6, 6.07) is -0.0524. The van der Waals surface area contributed by atoms with E-state index in [1.807, 2.05) is 0 Å². The molecule has 0 amide bonds. The van der Waals surface area contributed by atoms with E-state index in [9.17, 15) is 12.8 Å². The van der Waals surface area contributed by atoms with Crippen LogP contribution in [0.1, 0.15) is 32.1 Å². The number of nitrogens with two attached hydrogens (primary N) is 1. The molecule has 1 saturated carbocycles. The monoisotopic (exact) mass is 288 g/mol. The first kappa shape index (κ1) is 17.1. The van der Waals surface area contributed by atoms with Crippen LogP contribution in [0.2, 0.25) is 0 Å². The lowest BCUT2D eigenvalue weighted by molar-refractivity contribution is 0.296. The van der Waals surface area contributed by atoms with Crippen molar-refractivity contribution in [3.05, 3.63) is 0 Å². The molecule has 1 aliphatic carbocycles. The molecule has 7 heteroatoms. The molecule has 0 saturated heterocycles. The highest BCUT2D eigenvalue weighted by Gasteiger charge is 2.27. The molecule has 1 fully saturated rings. The Bertz CT molecular complexity index is 301. The molecule has 17 heavy (non-hydrogen) atoms. The second-order valence-corrected chi connectivity index (χ2v) is 6.24. The third-order valence-corrected chi connectivity index (χ3v) is 4.58. The molecular weight excluding hydrogens is 267 g/mol. The predicted molar refractivity (Wildman–Crippen MR) is 69.6 cm³/mol. The number of hydrogen-bond acceptors (Lipinski definition) is 3. The van der Waals surface area contributed by atoms with Crippen molar-refractivity contribution in [2.24, 2.45) is 11.7 Å². The summed E-state index contributed by atoms with van der Waals surface area (Å²) in [6.07, 6.45) is 4.04. The molecule has 2 atom stereocenters. The summed E-state index contributed by atoms with van der Waals surface area (Å²) in [5, 5.41) is 0. The number of sulfonamides is 1. The molecule has 0 aromatic heterocycles. The minimum atomic E-state index is -3.33. The number of nitrogens with one attached hydrogen (secondary N) is 1. The van der Waals surface area contributed by atoms with E-state index < -0.39 is 16.7 Å². The quantitative estimate of drug-likeness (QED) is 0.771. The maximum absolute atomic E-state index is 11.9. The summed E-state index contributed by atoms with van der Waals surface area (Å²) in [6.45, 7) is -0.0812. The van der Waals surface area contributed by atoms with Crippen LogP contribution in [0.5, 0.6) is 0 Å². The summed E-state index contributed by atoms with van der Waals surface area (Å²) >= 11 is 0. The van der Waals surface area contributed by atoms with Crippen LogP contribution < -0.4 is 10.5 Å². The van der Waals surface area contributed by atoms with Crippen LogP contribution in [0.25, 0.3) is 0 Å². The maximum atomic E-state index is 11.9. The molecule has 1 aliphatic rings. The molecule has 0 aliphatic heterocycles. The Balaban J connectivity index is 0.00000256. The summed E-state index contributed by atoms with van der Waals surface area (Å²) in [5.74, 6) is 0.103. The molecule has 0 bridgehead atoms. The van der Waals surface area contributed by atoms with Gasteiger partial charge in [-0.2, -0.15) is 0 Å². The highest BCUT2D eigenvalue weighted by atomic mass is 35.5. The Hall–Kier alpha value is 0.0900. The van der Waals surface area contributed by atoms with E-state index in [2.05, 4.69) is 4.72 Å². The average Bonchev–Trinajstić information content (AvgIpc) is 2.27. The zero-order valence-electron chi connectivity index (χ0n) is 9.90. The summed E-state index contributed by atoms with van der Waals surface area (Å²) in [7, 11) is -3.33. The molecule has 1 rings (SSSR count). The van der Waals surface area contributed by atoms with E-state index in [-0.39, 0.29) is 36.5 Å². The molecule has 0 heterocycles. The van der Waals surface area contributed by atoms with Crippen LogP contribution in [0.15, 0.2) is 0 Å². The lowest BCUT2D eigenvalue weighted by Crippen LogP contribution is -2.45. The van der Waals surface area contributed by atoms with Crippen LogP contribution in [0.3, 0.4) is 0 Å². The van der Waals surface area contributed by atoms with Gasteiger partial charge in [0.05, 0.1) is 12.4 Å². The Labute approximate surface area is 109 Å². The standard InChI is InChI=1S/C10H21FN2O2S.ClH/c11-6-3-7-16(14,15)13-10-5-2-1-4-9(10)8-12;/h9-10,13H,1-8,12H2;1H. The molecule has 0 aromatic carbocycles. The van der Waals surface area contributed by atoms with Crippen LogP contribution in [0.4, 0.5) is 4.39 Å². The minimum Gasteiger partial charge on any atom is -0.330 e.